The van der Waals surface area contributed by atoms with Gasteiger partial charge in [-0.25, -0.2) is 0 Å². The summed E-state index contributed by atoms with van der Waals surface area (Å²) in [5, 5.41) is 3.60. The van der Waals surface area contributed by atoms with Gasteiger partial charge in [-0.1, -0.05) is 18.2 Å². The van der Waals surface area contributed by atoms with E-state index in [9.17, 15) is 0 Å². The Balaban J connectivity index is 1.55. The Bertz CT molecular complexity index is 417. The van der Waals surface area contributed by atoms with Gasteiger partial charge in [-0.3, -0.25) is 4.90 Å². The van der Waals surface area contributed by atoms with Crippen LogP contribution >= 0.6 is 0 Å². The molecule has 3 rings (SSSR count). The van der Waals surface area contributed by atoms with E-state index < -0.39 is 0 Å². The molecule has 3 heteroatoms. The van der Waals surface area contributed by atoms with Crippen molar-refractivity contribution < 1.29 is 4.74 Å². The van der Waals surface area contributed by atoms with Crippen molar-refractivity contribution in [3.8, 4) is 5.75 Å². The number of para-hydroxylation sites is 1. The summed E-state index contributed by atoms with van der Waals surface area (Å²) in [7, 11) is 0. The first-order valence-electron chi connectivity index (χ1n) is 7.51. The number of hydrogen-bond donors (Lipinski definition) is 1. The number of nitrogens with zero attached hydrogens (tertiary/aromatic N) is 1. The SMILES string of the molecule is CC(CCNC1CC1)N1CCOc2ccccc2C1. The van der Waals surface area contributed by atoms with Gasteiger partial charge in [-0.15, -0.1) is 0 Å². The summed E-state index contributed by atoms with van der Waals surface area (Å²) in [5.41, 5.74) is 1.32. The molecule has 1 aliphatic carbocycles. The fourth-order valence-corrected chi connectivity index (χ4v) is 2.69. The lowest BCUT2D eigenvalue weighted by molar-refractivity contribution is 0.171. The fraction of sp³-hybridized carbons (Fsp3) is 0.625. The van der Waals surface area contributed by atoms with Crippen LogP contribution in [0, 0.1) is 0 Å². The summed E-state index contributed by atoms with van der Waals surface area (Å²) in [6.07, 6.45) is 3.97. The van der Waals surface area contributed by atoms with E-state index in [1.54, 1.807) is 0 Å². The molecule has 3 nitrogen and oxygen atoms in total. The Morgan fingerprint density at radius 1 is 1.37 bits per heavy atom. The van der Waals surface area contributed by atoms with Crippen LogP contribution in [0.25, 0.3) is 0 Å². The standard InChI is InChI=1S/C16H24N2O/c1-13(8-9-17-15-6-7-15)18-10-11-19-16-5-3-2-4-14(16)12-18/h2-5,13,15,17H,6-12H2,1H3. The Hall–Kier alpha value is -1.06. The second kappa shape index (κ2) is 5.93. The number of rotatable bonds is 5. The Morgan fingerprint density at radius 2 is 2.21 bits per heavy atom. The maximum absolute atomic E-state index is 5.82. The topological polar surface area (TPSA) is 24.5 Å². The summed E-state index contributed by atoms with van der Waals surface area (Å²) < 4.78 is 5.82. The summed E-state index contributed by atoms with van der Waals surface area (Å²) in [6.45, 7) is 6.32. The zero-order chi connectivity index (χ0) is 13.1. The summed E-state index contributed by atoms with van der Waals surface area (Å²) in [6, 6.07) is 9.85. The van der Waals surface area contributed by atoms with Crippen LogP contribution in [0.3, 0.4) is 0 Å². The molecule has 2 aliphatic rings. The molecule has 0 amide bonds. The van der Waals surface area contributed by atoms with Gasteiger partial charge in [0.05, 0.1) is 0 Å². The molecule has 104 valence electrons. The van der Waals surface area contributed by atoms with Gasteiger partial charge >= 0.3 is 0 Å². The minimum Gasteiger partial charge on any atom is -0.492 e. The van der Waals surface area contributed by atoms with E-state index in [2.05, 4.69) is 41.4 Å². The highest BCUT2D eigenvalue weighted by molar-refractivity contribution is 5.33. The van der Waals surface area contributed by atoms with Gasteiger partial charge in [0.15, 0.2) is 0 Å². The average Bonchev–Trinajstić information content (AvgIpc) is 3.23. The molecule has 1 unspecified atom stereocenters. The van der Waals surface area contributed by atoms with Gasteiger partial charge in [0.1, 0.15) is 12.4 Å². The largest absolute Gasteiger partial charge is 0.492 e. The van der Waals surface area contributed by atoms with Gasteiger partial charge < -0.3 is 10.1 Å². The molecule has 1 saturated carbocycles. The Morgan fingerprint density at radius 3 is 3.05 bits per heavy atom. The molecule has 0 spiro atoms. The predicted octanol–water partition coefficient (Wildman–Crippen LogP) is 2.41. The molecule has 1 fully saturated rings. The summed E-state index contributed by atoms with van der Waals surface area (Å²) in [4.78, 5) is 2.54. The number of ether oxygens (including phenoxy) is 1. The van der Waals surface area contributed by atoms with Crippen molar-refractivity contribution in [2.24, 2.45) is 0 Å². The molecule has 1 aromatic carbocycles. The summed E-state index contributed by atoms with van der Waals surface area (Å²) >= 11 is 0. The molecule has 1 N–H and O–H groups in total. The summed E-state index contributed by atoms with van der Waals surface area (Å²) in [5.74, 6) is 1.06. The number of benzene rings is 1. The lowest BCUT2D eigenvalue weighted by atomic mass is 10.1. The molecular formula is C16H24N2O. The van der Waals surface area contributed by atoms with E-state index in [1.807, 2.05) is 0 Å². The molecule has 1 heterocycles. The third kappa shape index (κ3) is 3.48. The quantitative estimate of drug-likeness (QED) is 0.880. The van der Waals surface area contributed by atoms with Crippen LogP contribution in [0.5, 0.6) is 5.75 Å². The lowest BCUT2D eigenvalue weighted by Crippen LogP contribution is -2.36. The van der Waals surface area contributed by atoms with E-state index >= 15 is 0 Å². The number of nitrogens with one attached hydrogen (secondary N) is 1. The Labute approximate surface area is 115 Å². The molecular weight excluding hydrogens is 236 g/mol. The van der Waals surface area contributed by atoms with Crippen molar-refractivity contribution >= 4 is 0 Å². The van der Waals surface area contributed by atoms with Gasteiger partial charge in [-0.05, 0) is 38.8 Å². The second-order valence-corrected chi connectivity index (χ2v) is 5.79. The normalized spacial score (nSPS) is 21.3. The van der Waals surface area contributed by atoms with Gasteiger partial charge in [0, 0.05) is 30.7 Å². The number of fused-ring (bicyclic) bond motifs is 1. The minimum absolute atomic E-state index is 0.612. The highest BCUT2D eigenvalue weighted by Gasteiger charge is 2.22. The van der Waals surface area contributed by atoms with E-state index in [-0.39, 0.29) is 0 Å². The first-order valence-corrected chi connectivity index (χ1v) is 7.51. The molecule has 19 heavy (non-hydrogen) atoms. The first-order chi connectivity index (χ1) is 9.33. The van der Waals surface area contributed by atoms with Gasteiger partial charge in [0.2, 0.25) is 0 Å². The molecule has 1 aromatic rings. The zero-order valence-electron chi connectivity index (χ0n) is 11.8. The van der Waals surface area contributed by atoms with Crippen LogP contribution < -0.4 is 10.1 Å². The van der Waals surface area contributed by atoms with Crippen LogP contribution in [0.1, 0.15) is 31.7 Å². The molecule has 0 aromatic heterocycles. The smallest absolute Gasteiger partial charge is 0.123 e. The molecule has 1 aliphatic heterocycles. The van der Waals surface area contributed by atoms with Crippen LogP contribution in [0.15, 0.2) is 24.3 Å². The molecule has 0 saturated heterocycles. The zero-order valence-corrected chi connectivity index (χ0v) is 11.8. The Kier molecular flexibility index (Phi) is 4.04. The van der Waals surface area contributed by atoms with Crippen molar-refractivity contribution in [1.29, 1.82) is 0 Å². The van der Waals surface area contributed by atoms with E-state index in [1.165, 1.54) is 24.8 Å². The van der Waals surface area contributed by atoms with Crippen molar-refractivity contribution in [2.45, 2.75) is 44.8 Å². The molecule has 1 atom stereocenters. The lowest BCUT2D eigenvalue weighted by Gasteiger charge is -2.27. The first kappa shape index (κ1) is 12.9. The average molecular weight is 260 g/mol. The molecule has 0 radical (unpaired) electrons. The fourth-order valence-electron chi connectivity index (χ4n) is 2.69. The van der Waals surface area contributed by atoms with Crippen LogP contribution in [-0.2, 0) is 6.54 Å². The monoisotopic (exact) mass is 260 g/mol. The van der Waals surface area contributed by atoms with Crippen molar-refractivity contribution in [1.82, 2.24) is 10.2 Å². The highest BCUT2D eigenvalue weighted by atomic mass is 16.5. The van der Waals surface area contributed by atoms with Gasteiger partial charge in [0.25, 0.3) is 0 Å². The van der Waals surface area contributed by atoms with E-state index in [4.69, 9.17) is 4.74 Å². The van der Waals surface area contributed by atoms with Crippen molar-refractivity contribution in [3.63, 3.8) is 0 Å². The van der Waals surface area contributed by atoms with Crippen LogP contribution in [0.4, 0.5) is 0 Å². The molecule has 0 bridgehead atoms. The van der Waals surface area contributed by atoms with Crippen LogP contribution in [-0.4, -0.2) is 36.7 Å². The second-order valence-electron chi connectivity index (χ2n) is 5.79. The minimum atomic E-state index is 0.612. The predicted molar refractivity (Wildman–Crippen MR) is 77.5 cm³/mol. The van der Waals surface area contributed by atoms with Gasteiger partial charge in [-0.2, -0.15) is 0 Å². The maximum atomic E-state index is 5.82. The van der Waals surface area contributed by atoms with Crippen LogP contribution in [0.2, 0.25) is 0 Å². The third-order valence-corrected chi connectivity index (χ3v) is 4.18. The van der Waals surface area contributed by atoms with E-state index in [0.29, 0.717) is 6.04 Å². The maximum Gasteiger partial charge on any atom is 0.123 e. The third-order valence-electron chi connectivity index (χ3n) is 4.18. The van der Waals surface area contributed by atoms with Crippen molar-refractivity contribution in [2.75, 3.05) is 19.7 Å². The highest BCUT2D eigenvalue weighted by Crippen LogP contribution is 2.24. The van der Waals surface area contributed by atoms with Crippen molar-refractivity contribution in [3.05, 3.63) is 29.8 Å². The van der Waals surface area contributed by atoms with E-state index in [0.717, 1.165) is 38.0 Å². The number of hydrogen-bond acceptors (Lipinski definition) is 3.